The molecule has 0 fully saturated rings. The Labute approximate surface area is 183 Å². The van der Waals surface area contributed by atoms with E-state index in [2.05, 4.69) is 39.2 Å². The molecule has 1 aliphatic heterocycles. The summed E-state index contributed by atoms with van der Waals surface area (Å²) < 4.78 is 0. The van der Waals surface area contributed by atoms with Crippen LogP contribution in [0, 0.1) is 0 Å². The fourth-order valence-electron chi connectivity index (χ4n) is 4.40. The highest BCUT2D eigenvalue weighted by atomic mass is 32.2. The van der Waals surface area contributed by atoms with Crippen molar-refractivity contribution in [1.82, 2.24) is 9.97 Å². The number of benzene rings is 1. The molecule has 2 N–H and O–H groups in total. The summed E-state index contributed by atoms with van der Waals surface area (Å²) >= 11 is 3.11. The third kappa shape index (κ3) is 3.63. The predicted molar refractivity (Wildman–Crippen MR) is 125 cm³/mol. The first-order chi connectivity index (χ1) is 14.6. The average Bonchev–Trinajstić information content (AvgIpc) is 3.41. The van der Waals surface area contributed by atoms with Gasteiger partial charge in [-0.25, -0.2) is 4.98 Å². The lowest BCUT2D eigenvalue weighted by Gasteiger charge is -2.17. The maximum atomic E-state index is 12.5. The van der Waals surface area contributed by atoms with Gasteiger partial charge in [0.1, 0.15) is 10.7 Å². The Kier molecular flexibility index (Phi) is 5.28. The van der Waals surface area contributed by atoms with Gasteiger partial charge in [-0.15, -0.1) is 23.1 Å². The molecule has 30 heavy (non-hydrogen) atoms. The van der Waals surface area contributed by atoms with E-state index in [-0.39, 0.29) is 11.5 Å². The Hall–Kier alpha value is -2.32. The summed E-state index contributed by atoms with van der Waals surface area (Å²) in [5.74, 6) is 1.42. The van der Waals surface area contributed by atoms with Gasteiger partial charge in [0.2, 0.25) is 5.91 Å². The monoisotopic (exact) mass is 440 g/mol. The molecule has 3 heterocycles. The summed E-state index contributed by atoms with van der Waals surface area (Å²) in [5.41, 5.74) is 4.55. The number of aryl methyl sites for hydroxylation is 2. The Morgan fingerprint density at radius 2 is 2.23 bits per heavy atom. The Morgan fingerprint density at radius 3 is 3.10 bits per heavy atom. The van der Waals surface area contributed by atoms with Gasteiger partial charge in [0.15, 0.2) is 0 Å². The van der Waals surface area contributed by atoms with Gasteiger partial charge in [0.05, 0.1) is 16.9 Å². The largest absolute Gasteiger partial charge is 0.371 e. The highest BCUT2D eigenvalue weighted by Gasteiger charge is 2.21. The number of thiophene rings is 1. The molecule has 0 unspecified atom stereocenters. The third-order valence-electron chi connectivity index (χ3n) is 5.84. The van der Waals surface area contributed by atoms with Gasteiger partial charge in [-0.2, -0.15) is 0 Å². The van der Waals surface area contributed by atoms with E-state index in [4.69, 9.17) is 0 Å². The zero-order valence-corrected chi connectivity index (χ0v) is 18.5. The van der Waals surface area contributed by atoms with Gasteiger partial charge in [-0.1, -0.05) is 6.07 Å². The summed E-state index contributed by atoms with van der Waals surface area (Å²) in [4.78, 5) is 36.9. The summed E-state index contributed by atoms with van der Waals surface area (Å²) in [6.45, 7) is 4.17. The van der Waals surface area contributed by atoms with E-state index in [0.717, 1.165) is 54.7 Å². The molecule has 0 atom stereocenters. The number of likely N-dealkylation sites (N-methyl/N-ethyl adjacent to an activating group) is 1. The number of aromatic amines is 1. The summed E-state index contributed by atoms with van der Waals surface area (Å²) in [7, 11) is 0. The molecule has 0 saturated carbocycles. The number of thioether (sulfide) groups is 1. The normalized spacial score (nSPS) is 14.9. The van der Waals surface area contributed by atoms with Crippen LogP contribution in [0.4, 0.5) is 11.4 Å². The Balaban J connectivity index is 1.20. The highest BCUT2D eigenvalue weighted by Crippen LogP contribution is 2.34. The lowest BCUT2D eigenvalue weighted by atomic mass is 10.1. The maximum absolute atomic E-state index is 12.5. The topological polar surface area (TPSA) is 78.1 Å². The van der Waals surface area contributed by atoms with Crippen LogP contribution in [0.2, 0.25) is 0 Å². The molecule has 2 aliphatic rings. The van der Waals surface area contributed by atoms with Crippen molar-refractivity contribution < 1.29 is 4.79 Å². The number of amides is 1. The first kappa shape index (κ1) is 19.6. The number of nitrogens with zero attached hydrogens (tertiary/aromatic N) is 2. The molecule has 0 spiro atoms. The lowest BCUT2D eigenvalue weighted by molar-refractivity contribution is -0.113. The van der Waals surface area contributed by atoms with Crippen molar-refractivity contribution in [2.24, 2.45) is 0 Å². The quantitative estimate of drug-likeness (QED) is 0.611. The molecule has 6 nitrogen and oxygen atoms in total. The number of nitrogens with one attached hydrogen (secondary N) is 2. The zero-order chi connectivity index (χ0) is 20.7. The molecule has 8 heteroatoms. The van der Waals surface area contributed by atoms with E-state index in [9.17, 15) is 9.59 Å². The summed E-state index contributed by atoms with van der Waals surface area (Å²) in [5, 5.41) is 3.77. The molecule has 0 saturated heterocycles. The van der Waals surface area contributed by atoms with Gasteiger partial charge in [-0.05, 0) is 55.9 Å². The van der Waals surface area contributed by atoms with Crippen molar-refractivity contribution in [3.8, 4) is 0 Å². The van der Waals surface area contributed by atoms with Gasteiger partial charge in [-0.3, -0.25) is 9.59 Å². The second-order valence-corrected chi connectivity index (χ2v) is 9.83. The van der Waals surface area contributed by atoms with Gasteiger partial charge >= 0.3 is 0 Å². The van der Waals surface area contributed by atoms with E-state index in [1.54, 1.807) is 11.3 Å². The lowest BCUT2D eigenvalue weighted by Crippen LogP contribution is -2.19. The maximum Gasteiger partial charge on any atom is 0.259 e. The summed E-state index contributed by atoms with van der Waals surface area (Å²) in [6, 6.07) is 6.15. The van der Waals surface area contributed by atoms with Crippen LogP contribution in [0.15, 0.2) is 23.0 Å². The molecule has 0 bridgehead atoms. The molecule has 0 radical (unpaired) electrons. The van der Waals surface area contributed by atoms with Crippen LogP contribution in [0.1, 0.15) is 35.2 Å². The zero-order valence-electron chi connectivity index (χ0n) is 16.9. The van der Waals surface area contributed by atoms with Crippen molar-refractivity contribution >= 4 is 50.6 Å². The van der Waals surface area contributed by atoms with Crippen molar-refractivity contribution in [2.45, 2.75) is 38.4 Å². The number of rotatable bonds is 6. The number of aromatic nitrogens is 2. The average molecular weight is 441 g/mol. The molecular weight excluding hydrogens is 416 g/mol. The molecule has 1 aliphatic carbocycles. The van der Waals surface area contributed by atoms with Crippen LogP contribution in [0.25, 0.3) is 10.2 Å². The molecule has 3 aromatic rings. The molecule has 2 aromatic heterocycles. The van der Waals surface area contributed by atoms with Crippen LogP contribution in [0.5, 0.6) is 0 Å². The molecule has 156 valence electrons. The number of carbonyl (C=O) groups is 1. The number of fused-ring (bicyclic) bond motifs is 4. The number of H-pyrrole nitrogens is 1. The van der Waals surface area contributed by atoms with E-state index in [1.807, 2.05) is 6.07 Å². The van der Waals surface area contributed by atoms with Gasteiger partial charge in [0.25, 0.3) is 5.56 Å². The van der Waals surface area contributed by atoms with Crippen LogP contribution in [-0.2, 0) is 29.8 Å². The van der Waals surface area contributed by atoms with Crippen molar-refractivity contribution in [1.29, 1.82) is 0 Å². The van der Waals surface area contributed by atoms with E-state index in [0.29, 0.717) is 17.3 Å². The van der Waals surface area contributed by atoms with Crippen LogP contribution >= 0.6 is 23.1 Å². The SMILES string of the molecule is CCN1CCc2ccc(NC(=O)CSCc3nc4sc5c(c4c(=O)[nH]3)CCC5)cc21. The minimum Gasteiger partial charge on any atom is -0.371 e. The first-order valence-electron chi connectivity index (χ1n) is 10.4. The minimum atomic E-state index is -0.0435. The first-order valence-corrected chi connectivity index (χ1v) is 12.4. The fourth-order valence-corrected chi connectivity index (χ4v) is 6.38. The fraction of sp³-hybridized carbons (Fsp3) is 0.409. The number of hydrogen-bond donors (Lipinski definition) is 2. The van der Waals surface area contributed by atoms with Crippen LogP contribution < -0.4 is 15.8 Å². The van der Waals surface area contributed by atoms with E-state index in [1.165, 1.54) is 33.5 Å². The van der Waals surface area contributed by atoms with Crippen LogP contribution in [-0.4, -0.2) is 34.7 Å². The van der Waals surface area contributed by atoms with Crippen molar-refractivity contribution in [2.75, 3.05) is 29.1 Å². The van der Waals surface area contributed by atoms with Crippen LogP contribution in [0.3, 0.4) is 0 Å². The standard InChI is InChI=1S/C22H24N4O2S2/c1-2-26-9-8-13-6-7-14(10-16(13)26)23-19(27)12-29-11-18-24-21(28)20-15-4-3-5-17(15)30-22(20)25-18/h6-7,10H,2-5,8-9,11-12H2,1H3,(H,23,27)(H,24,25,28). The minimum absolute atomic E-state index is 0.0421. The smallest absolute Gasteiger partial charge is 0.259 e. The number of anilines is 2. The Bertz CT molecular complexity index is 1180. The second kappa shape index (κ2) is 8.07. The summed E-state index contributed by atoms with van der Waals surface area (Å²) in [6.07, 6.45) is 4.23. The molecule has 1 aromatic carbocycles. The highest BCUT2D eigenvalue weighted by molar-refractivity contribution is 7.99. The van der Waals surface area contributed by atoms with Gasteiger partial charge in [0, 0.05) is 29.3 Å². The number of carbonyl (C=O) groups excluding carboxylic acids is 1. The Morgan fingerprint density at radius 1 is 1.33 bits per heavy atom. The molecule has 5 rings (SSSR count). The van der Waals surface area contributed by atoms with E-state index >= 15 is 0 Å². The number of hydrogen-bond acceptors (Lipinski definition) is 6. The van der Waals surface area contributed by atoms with Crippen molar-refractivity contribution in [3.63, 3.8) is 0 Å². The van der Waals surface area contributed by atoms with Crippen molar-refractivity contribution in [3.05, 3.63) is 50.4 Å². The molecular formula is C22H24N4O2S2. The van der Waals surface area contributed by atoms with Gasteiger partial charge < -0.3 is 15.2 Å². The third-order valence-corrected chi connectivity index (χ3v) is 7.97. The second-order valence-electron chi connectivity index (χ2n) is 7.76. The predicted octanol–water partition coefficient (Wildman–Crippen LogP) is 3.73. The van der Waals surface area contributed by atoms with E-state index < -0.39 is 0 Å². The molecule has 1 amide bonds.